The highest BCUT2D eigenvalue weighted by Gasteiger charge is 2.12. The molecule has 3 nitrogen and oxygen atoms in total. The van der Waals surface area contributed by atoms with E-state index in [4.69, 9.17) is 16.7 Å². The predicted molar refractivity (Wildman–Crippen MR) is 91.2 cm³/mol. The van der Waals surface area contributed by atoms with Crippen molar-refractivity contribution in [3.05, 3.63) is 64.1 Å². The number of benzene rings is 2. The van der Waals surface area contributed by atoms with Crippen LogP contribution in [-0.4, -0.2) is 16.1 Å². The number of hydrogen-bond acceptors (Lipinski definition) is 3. The minimum Gasteiger partial charge on any atom is -0.481 e. The van der Waals surface area contributed by atoms with Gasteiger partial charge in [-0.15, -0.1) is 11.3 Å². The summed E-state index contributed by atoms with van der Waals surface area (Å²) in [5.41, 5.74) is 2.48. The van der Waals surface area contributed by atoms with Crippen LogP contribution in [0.15, 0.2) is 48.5 Å². The zero-order valence-corrected chi connectivity index (χ0v) is 13.1. The molecule has 0 fully saturated rings. The van der Waals surface area contributed by atoms with Gasteiger partial charge in [0.2, 0.25) is 0 Å². The molecule has 0 unspecified atom stereocenters. The molecule has 1 heterocycles. The third-order valence-electron chi connectivity index (χ3n) is 3.12. The van der Waals surface area contributed by atoms with Gasteiger partial charge in [-0.2, -0.15) is 0 Å². The molecule has 3 rings (SSSR count). The lowest BCUT2D eigenvalue weighted by Gasteiger charge is -2.02. The number of aliphatic carboxylic acids is 1. The molecule has 0 aliphatic carbocycles. The van der Waals surface area contributed by atoms with Gasteiger partial charge in [0.15, 0.2) is 0 Å². The normalized spacial score (nSPS) is 11.8. The molecule has 0 amide bonds. The number of rotatable bonds is 4. The zero-order chi connectivity index (χ0) is 15.5. The minimum atomic E-state index is -0.875. The van der Waals surface area contributed by atoms with Gasteiger partial charge >= 0.3 is 5.97 Å². The summed E-state index contributed by atoms with van der Waals surface area (Å²) in [6.45, 7) is 0. The van der Waals surface area contributed by atoms with Crippen LogP contribution in [0.3, 0.4) is 0 Å². The Hall–Kier alpha value is -2.17. The van der Waals surface area contributed by atoms with E-state index in [0.717, 1.165) is 20.8 Å². The van der Waals surface area contributed by atoms with Crippen LogP contribution in [-0.2, 0) is 4.79 Å². The number of para-hydroxylation sites is 1. The molecular formula is C17H12ClNO2S. The number of halogens is 1. The molecule has 0 aliphatic heterocycles. The predicted octanol–water partition coefficient (Wildman–Crippen LogP) is 4.97. The van der Waals surface area contributed by atoms with Gasteiger partial charge < -0.3 is 5.11 Å². The molecule has 0 saturated carbocycles. The molecule has 1 N–H and O–H groups in total. The standard InChI is InChI=1S/C17H12ClNO2S/c18-13-7-5-11(6-8-13)9-12(10-16(20)21)17-19-14-3-1-2-4-15(14)22-17/h1-9H,10H2,(H,20,21)/b12-9-. The summed E-state index contributed by atoms with van der Waals surface area (Å²) < 4.78 is 1.05. The van der Waals surface area contributed by atoms with E-state index in [1.165, 1.54) is 11.3 Å². The van der Waals surface area contributed by atoms with Crippen LogP contribution in [0, 0.1) is 0 Å². The molecule has 5 heteroatoms. The van der Waals surface area contributed by atoms with Crippen LogP contribution in [0.1, 0.15) is 17.0 Å². The summed E-state index contributed by atoms with van der Waals surface area (Å²) in [5.74, 6) is -0.875. The number of thiazole rings is 1. The maximum atomic E-state index is 11.2. The van der Waals surface area contributed by atoms with Crippen molar-refractivity contribution in [2.45, 2.75) is 6.42 Å². The second kappa shape index (κ2) is 6.30. The van der Waals surface area contributed by atoms with E-state index >= 15 is 0 Å². The van der Waals surface area contributed by atoms with Crippen LogP contribution < -0.4 is 0 Å². The number of aromatic nitrogens is 1. The second-order valence-corrected chi connectivity index (χ2v) is 6.25. The SMILES string of the molecule is O=C(O)C/C(=C/c1ccc(Cl)cc1)c1nc2ccccc2s1. The van der Waals surface area contributed by atoms with Crippen molar-refractivity contribution in [3.8, 4) is 0 Å². The Balaban J connectivity index is 2.05. The number of carboxylic acids is 1. The van der Waals surface area contributed by atoms with Crippen molar-refractivity contribution in [1.82, 2.24) is 4.98 Å². The average molecular weight is 330 g/mol. The summed E-state index contributed by atoms with van der Waals surface area (Å²) >= 11 is 7.38. The van der Waals surface area contributed by atoms with Gasteiger partial charge in [-0.3, -0.25) is 4.79 Å². The fourth-order valence-electron chi connectivity index (χ4n) is 2.12. The molecule has 110 valence electrons. The van der Waals surface area contributed by atoms with E-state index in [1.807, 2.05) is 42.5 Å². The first-order valence-corrected chi connectivity index (χ1v) is 7.85. The molecule has 0 atom stereocenters. The van der Waals surface area contributed by atoms with Crippen LogP contribution in [0.25, 0.3) is 21.9 Å². The van der Waals surface area contributed by atoms with E-state index in [9.17, 15) is 4.79 Å². The Morgan fingerprint density at radius 2 is 1.91 bits per heavy atom. The molecule has 0 bridgehead atoms. The molecule has 2 aromatic carbocycles. The fourth-order valence-corrected chi connectivity index (χ4v) is 3.23. The molecule has 0 aliphatic rings. The van der Waals surface area contributed by atoms with E-state index in [0.29, 0.717) is 10.6 Å². The number of hydrogen-bond donors (Lipinski definition) is 1. The second-order valence-electron chi connectivity index (χ2n) is 4.78. The molecule has 1 aromatic heterocycles. The van der Waals surface area contributed by atoms with E-state index < -0.39 is 5.97 Å². The van der Waals surface area contributed by atoms with Crippen molar-refractivity contribution >= 4 is 50.8 Å². The van der Waals surface area contributed by atoms with Crippen LogP contribution in [0.4, 0.5) is 0 Å². The van der Waals surface area contributed by atoms with Crippen LogP contribution in [0.5, 0.6) is 0 Å². The maximum absolute atomic E-state index is 11.2. The molecule has 22 heavy (non-hydrogen) atoms. The van der Waals surface area contributed by atoms with Crippen molar-refractivity contribution in [2.75, 3.05) is 0 Å². The zero-order valence-electron chi connectivity index (χ0n) is 11.5. The minimum absolute atomic E-state index is 0.0670. The molecule has 3 aromatic rings. The highest BCUT2D eigenvalue weighted by Crippen LogP contribution is 2.30. The van der Waals surface area contributed by atoms with Gasteiger partial charge in [-0.1, -0.05) is 35.9 Å². The monoisotopic (exact) mass is 329 g/mol. The van der Waals surface area contributed by atoms with E-state index in [2.05, 4.69) is 4.98 Å². The van der Waals surface area contributed by atoms with E-state index in [1.54, 1.807) is 12.1 Å². The van der Waals surface area contributed by atoms with Gasteiger partial charge in [-0.25, -0.2) is 4.98 Å². The highest BCUT2D eigenvalue weighted by molar-refractivity contribution is 7.19. The number of fused-ring (bicyclic) bond motifs is 1. The Morgan fingerprint density at radius 1 is 1.18 bits per heavy atom. The number of carbonyl (C=O) groups is 1. The summed E-state index contributed by atoms with van der Waals surface area (Å²) in [5, 5.41) is 10.5. The number of carboxylic acid groups (broad SMARTS) is 1. The first-order chi connectivity index (χ1) is 10.6. The Kier molecular flexibility index (Phi) is 4.22. The third-order valence-corrected chi connectivity index (χ3v) is 4.49. The smallest absolute Gasteiger partial charge is 0.307 e. The van der Waals surface area contributed by atoms with Gasteiger partial charge in [0.1, 0.15) is 5.01 Å². The summed E-state index contributed by atoms with van der Waals surface area (Å²) in [6.07, 6.45) is 1.78. The molecule has 0 spiro atoms. The van der Waals surface area contributed by atoms with Crippen molar-refractivity contribution < 1.29 is 9.90 Å². The first-order valence-electron chi connectivity index (χ1n) is 6.66. The average Bonchev–Trinajstić information content (AvgIpc) is 2.92. The number of nitrogens with zero attached hydrogens (tertiary/aromatic N) is 1. The largest absolute Gasteiger partial charge is 0.481 e. The lowest BCUT2D eigenvalue weighted by Crippen LogP contribution is -1.96. The van der Waals surface area contributed by atoms with Gasteiger partial charge in [0, 0.05) is 5.02 Å². The Morgan fingerprint density at radius 3 is 2.59 bits per heavy atom. The van der Waals surface area contributed by atoms with Gasteiger partial charge in [0.05, 0.1) is 16.6 Å². The van der Waals surface area contributed by atoms with Gasteiger partial charge in [-0.05, 0) is 41.5 Å². The first kappa shape index (κ1) is 14.8. The molecule has 0 radical (unpaired) electrons. The Labute approximate surface area is 136 Å². The summed E-state index contributed by atoms with van der Waals surface area (Å²) in [6, 6.07) is 15.1. The van der Waals surface area contributed by atoms with Crippen LogP contribution >= 0.6 is 22.9 Å². The lowest BCUT2D eigenvalue weighted by molar-refractivity contribution is -0.135. The lowest BCUT2D eigenvalue weighted by atomic mass is 10.1. The quantitative estimate of drug-likeness (QED) is 0.735. The van der Waals surface area contributed by atoms with E-state index in [-0.39, 0.29) is 6.42 Å². The molecule has 0 saturated heterocycles. The van der Waals surface area contributed by atoms with Crippen molar-refractivity contribution in [1.29, 1.82) is 0 Å². The van der Waals surface area contributed by atoms with Gasteiger partial charge in [0.25, 0.3) is 0 Å². The topological polar surface area (TPSA) is 50.2 Å². The highest BCUT2D eigenvalue weighted by atomic mass is 35.5. The van der Waals surface area contributed by atoms with Crippen LogP contribution in [0.2, 0.25) is 5.02 Å². The summed E-state index contributed by atoms with van der Waals surface area (Å²) in [4.78, 5) is 15.7. The fraction of sp³-hybridized carbons (Fsp3) is 0.0588. The Bertz CT molecular complexity index is 819. The maximum Gasteiger partial charge on any atom is 0.307 e. The van der Waals surface area contributed by atoms with Crippen molar-refractivity contribution in [2.24, 2.45) is 0 Å². The van der Waals surface area contributed by atoms with Crippen molar-refractivity contribution in [3.63, 3.8) is 0 Å². The third kappa shape index (κ3) is 3.35. The summed E-state index contributed by atoms with van der Waals surface area (Å²) in [7, 11) is 0. The molecular weight excluding hydrogens is 318 g/mol.